The number of aromatic nitrogens is 1. The summed E-state index contributed by atoms with van der Waals surface area (Å²) in [4.78, 5) is 29.1. The number of pyridine rings is 1. The van der Waals surface area contributed by atoms with Crippen LogP contribution in [0.4, 0.5) is 0 Å². The Labute approximate surface area is 180 Å². The molecule has 2 aliphatic rings. The highest BCUT2D eigenvalue weighted by Gasteiger charge is 2.51. The molecule has 1 saturated heterocycles. The third-order valence-electron chi connectivity index (χ3n) is 6.51. The summed E-state index contributed by atoms with van der Waals surface area (Å²) in [5.74, 6) is -0.379. The minimum Gasteiger partial charge on any atom is -0.379 e. The normalized spacial score (nSPS) is 19.3. The second-order valence-electron chi connectivity index (χ2n) is 8.64. The summed E-state index contributed by atoms with van der Waals surface area (Å²) in [6, 6.07) is 14.0. The molecular weight excluding hydrogens is 390 g/mol. The zero-order valence-electron chi connectivity index (χ0n) is 17.5. The SMILES string of the molecule is Cc1ccc(C(=O)N[C@H]2CCOC2)cc1-c1ccc2cc(C3(C(N)=O)CC3)ncc2c1. The van der Waals surface area contributed by atoms with Gasteiger partial charge in [-0.25, -0.2) is 0 Å². The maximum atomic E-state index is 12.7. The number of hydrogen-bond acceptors (Lipinski definition) is 4. The smallest absolute Gasteiger partial charge is 0.251 e. The number of nitrogens with one attached hydrogen (secondary N) is 1. The highest BCUT2D eigenvalue weighted by molar-refractivity contribution is 5.97. The average molecular weight is 415 g/mol. The van der Waals surface area contributed by atoms with E-state index in [-0.39, 0.29) is 17.9 Å². The van der Waals surface area contributed by atoms with Crippen molar-refractivity contribution in [3.8, 4) is 11.1 Å². The van der Waals surface area contributed by atoms with E-state index in [0.29, 0.717) is 18.8 Å². The monoisotopic (exact) mass is 415 g/mol. The molecule has 31 heavy (non-hydrogen) atoms. The van der Waals surface area contributed by atoms with Crippen LogP contribution < -0.4 is 11.1 Å². The number of fused-ring (bicyclic) bond motifs is 1. The summed E-state index contributed by atoms with van der Waals surface area (Å²) in [7, 11) is 0. The molecule has 6 nitrogen and oxygen atoms in total. The number of benzene rings is 2. The lowest BCUT2D eigenvalue weighted by Crippen LogP contribution is -2.35. The van der Waals surface area contributed by atoms with Gasteiger partial charge in [0, 0.05) is 23.8 Å². The largest absolute Gasteiger partial charge is 0.379 e. The molecule has 1 aliphatic heterocycles. The van der Waals surface area contributed by atoms with E-state index >= 15 is 0 Å². The maximum Gasteiger partial charge on any atom is 0.251 e. The molecule has 0 radical (unpaired) electrons. The minimum atomic E-state index is -0.588. The Kier molecular flexibility index (Phi) is 4.74. The van der Waals surface area contributed by atoms with Gasteiger partial charge in [-0.3, -0.25) is 14.6 Å². The molecule has 1 saturated carbocycles. The molecule has 2 amide bonds. The highest BCUT2D eigenvalue weighted by atomic mass is 16.5. The minimum absolute atomic E-state index is 0.0772. The second-order valence-corrected chi connectivity index (χ2v) is 8.64. The van der Waals surface area contributed by atoms with E-state index < -0.39 is 5.41 Å². The molecule has 1 aliphatic carbocycles. The van der Waals surface area contributed by atoms with Crippen molar-refractivity contribution < 1.29 is 14.3 Å². The molecular formula is C25H25N3O3. The standard InChI is InChI=1S/C25H25N3O3/c1-15-2-3-18(23(29)28-20-6-9-31-14-20)11-21(15)17-5-4-16-12-22(27-13-19(16)10-17)25(7-8-25)24(26)30/h2-5,10-13,20H,6-9,14H2,1H3,(H2,26,30)(H,28,29)/t20-/m0/s1. The molecule has 2 aromatic carbocycles. The number of nitrogens with two attached hydrogens (primary N) is 1. The van der Waals surface area contributed by atoms with E-state index in [1.807, 2.05) is 49.5 Å². The molecule has 2 fully saturated rings. The van der Waals surface area contributed by atoms with Gasteiger partial charge < -0.3 is 15.8 Å². The van der Waals surface area contributed by atoms with Crippen molar-refractivity contribution in [3.05, 3.63) is 65.5 Å². The molecule has 0 bridgehead atoms. The van der Waals surface area contributed by atoms with E-state index in [0.717, 1.165) is 52.4 Å². The van der Waals surface area contributed by atoms with Crippen molar-refractivity contribution in [3.63, 3.8) is 0 Å². The third-order valence-corrected chi connectivity index (χ3v) is 6.51. The van der Waals surface area contributed by atoms with Crippen LogP contribution in [0.25, 0.3) is 21.9 Å². The van der Waals surface area contributed by atoms with Gasteiger partial charge in [0.2, 0.25) is 5.91 Å². The number of hydrogen-bond donors (Lipinski definition) is 2. The van der Waals surface area contributed by atoms with E-state index in [1.165, 1.54) is 0 Å². The Hall–Kier alpha value is -3.25. The lowest BCUT2D eigenvalue weighted by atomic mass is 9.94. The average Bonchev–Trinajstić information content (AvgIpc) is 3.44. The van der Waals surface area contributed by atoms with Crippen LogP contribution in [0.15, 0.2) is 48.7 Å². The van der Waals surface area contributed by atoms with Gasteiger partial charge >= 0.3 is 0 Å². The van der Waals surface area contributed by atoms with E-state index in [2.05, 4.69) is 16.4 Å². The summed E-state index contributed by atoms with van der Waals surface area (Å²) in [6.07, 6.45) is 4.18. The molecule has 0 unspecified atom stereocenters. The van der Waals surface area contributed by atoms with Crippen molar-refractivity contribution in [1.29, 1.82) is 0 Å². The van der Waals surface area contributed by atoms with Crippen LogP contribution in [0.1, 0.15) is 40.9 Å². The number of nitrogens with zero attached hydrogens (tertiary/aromatic N) is 1. The van der Waals surface area contributed by atoms with E-state index in [1.54, 1.807) is 0 Å². The number of amides is 2. The van der Waals surface area contributed by atoms with Crippen molar-refractivity contribution >= 4 is 22.6 Å². The highest BCUT2D eigenvalue weighted by Crippen LogP contribution is 2.47. The Bertz CT molecular complexity index is 1190. The summed E-state index contributed by atoms with van der Waals surface area (Å²) in [6.45, 7) is 3.30. The Morgan fingerprint density at radius 2 is 1.97 bits per heavy atom. The van der Waals surface area contributed by atoms with Crippen LogP contribution in [-0.2, 0) is 14.9 Å². The number of ether oxygens (including phenoxy) is 1. The zero-order chi connectivity index (χ0) is 21.6. The third kappa shape index (κ3) is 3.57. The molecule has 6 heteroatoms. The van der Waals surface area contributed by atoms with Gasteiger partial charge in [0.25, 0.3) is 5.91 Å². The Morgan fingerprint density at radius 1 is 1.13 bits per heavy atom. The molecule has 3 aromatic rings. The lowest BCUT2D eigenvalue weighted by Gasteiger charge is -2.14. The van der Waals surface area contributed by atoms with Crippen LogP contribution in [0.2, 0.25) is 0 Å². The molecule has 0 spiro atoms. The zero-order valence-corrected chi connectivity index (χ0v) is 17.5. The van der Waals surface area contributed by atoms with Crippen molar-refractivity contribution in [1.82, 2.24) is 10.3 Å². The number of carbonyl (C=O) groups is 2. The van der Waals surface area contributed by atoms with Gasteiger partial charge in [-0.1, -0.05) is 18.2 Å². The molecule has 158 valence electrons. The number of carbonyl (C=O) groups excluding carboxylic acids is 2. The first-order chi connectivity index (χ1) is 15.0. The first-order valence-electron chi connectivity index (χ1n) is 10.7. The van der Waals surface area contributed by atoms with Crippen LogP contribution in [0.3, 0.4) is 0 Å². The van der Waals surface area contributed by atoms with Gasteiger partial charge in [-0.05, 0) is 72.5 Å². The van der Waals surface area contributed by atoms with Crippen molar-refractivity contribution in [2.45, 2.75) is 37.6 Å². The van der Waals surface area contributed by atoms with Crippen molar-refractivity contribution in [2.24, 2.45) is 5.73 Å². The first kappa shape index (κ1) is 19.7. The lowest BCUT2D eigenvalue weighted by molar-refractivity contribution is -0.120. The molecule has 1 atom stereocenters. The fourth-order valence-corrected chi connectivity index (χ4v) is 4.32. The van der Waals surface area contributed by atoms with E-state index in [9.17, 15) is 9.59 Å². The van der Waals surface area contributed by atoms with Crippen LogP contribution in [0, 0.1) is 6.92 Å². The van der Waals surface area contributed by atoms with Gasteiger partial charge in [0.1, 0.15) is 0 Å². The quantitative estimate of drug-likeness (QED) is 0.669. The van der Waals surface area contributed by atoms with Gasteiger partial charge in [0.15, 0.2) is 0 Å². The maximum absolute atomic E-state index is 12.7. The predicted octanol–water partition coefficient (Wildman–Crippen LogP) is 3.25. The first-order valence-corrected chi connectivity index (χ1v) is 10.7. The summed E-state index contributed by atoms with van der Waals surface area (Å²) in [5, 5.41) is 5.05. The summed E-state index contributed by atoms with van der Waals surface area (Å²) in [5.41, 5.74) is 9.53. The Balaban J connectivity index is 1.46. The molecule has 5 rings (SSSR count). The molecule has 2 heterocycles. The van der Waals surface area contributed by atoms with Crippen molar-refractivity contribution in [2.75, 3.05) is 13.2 Å². The fourth-order valence-electron chi connectivity index (χ4n) is 4.32. The predicted molar refractivity (Wildman–Crippen MR) is 119 cm³/mol. The summed E-state index contributed by atoms with van der Waals surface area (Å²) < 4.78 is 5.35. The van der Waals surface area contributed by atoms with Gasteiger partial charge in [-0.15, -0.1) is 0 Å². The molecule has 1 aromatic heterocycles. The number of primary amides is 1. The number of rotatable bonds is 5. The van der Waals surface area contributed by atoms with Crippen LogP contribution >= 0.6 is 0 Å². The number of aryl methyl sites for hydroxylation is 1. The Morgan fingerprint density at radius 3 is 2.68 bits per heavy atom. The van der Waals surface area contributed by atoms with Crippen LogP contribution in [0.5, 0.6) is 0 Å². The topological polar surface area (TPSA) is 94.3 Å². The van der Waals surface area contributed by atoms with E-state index in [4.69, 9.17) is 10.5 Å². The van der Waals surface area contributed by atoms with Gasteiger partial charge in [-0.2, -0.15) is 0 Å². The molecule has 3 N–H and O–H groups in total. The van der Waals surface area contributed by atoms with Gasteiger partial charge in [0.05, 0.1) is 23.8 Å². The fraction of sp³-hybridized carbons (Fsp3) is 0.320. The van der Waals surface area contributed by atoms with Crippen LogP contribution in [-0.4, -0.2) is 36.1 Å². The summed E-state index contributed by atoms with van der Waals surface area (Å²) >= 11 is 0. The second kappa shape index (κ2) is 7.46.